The average molecular weight is 462 g/mol. The molecule has 1 fully saturated rings. The summed E-state index contributed by atoms with van der Waals surface area (Å²) in [6.07, 6.45) is 0.164. The number of aryl methyl sites for hydroxylation is 2. The largest absolute Gasteiger partial charge is 0.479 e. The van der Waals surface area contributed by atoms with E-state index in [0.717, 1.165) is 0 Å². The van der Waals surface area contributed by atoms with E-state index in [1.54, 1.807) is 26.8 Å². The van der Waals surface area contributed by atoms with Crippen molar-refractivity contribution in [1.82, 2.24) is 4.31 Å². The first-order chi connectivity index (χ1) is 15.1. The summed E-state index contributed by atoms with van der Waals surface area (Å²) in [6.45, 7) is 5.07. The van der Waals surface area contributed by atoms with Crippen molar-refractivity contribution in [3.8, 4) is 5.75 Å². The van der Waals surface area contributed by atoms with Crippen molar-refractivity contribution in [3.05, 3.63) is 47.3 Å². The molecule has 0 aromatic heterocycles. The second-order valence-electron chi connectivity index (χ2n) is 8.09. The number of carbonyl (C=O) groups excluding carboxylic acids is 2. The SMILES string of the molecule is Cc1cc(F)ccc1NC(=O)[C@@H]1CCCN1S(=O)(=O)c1cc2c(cc1C)NC(=O)[C@@H](C)O2. The van der Waals surface area contributed by atoms with Crippen LogP contribution in [0.25, 0.3) is 0 Å². The second-order valence-corrected chi connectivity index (χ2v) is 9.94. The molecule has 170 valence electrons. The van der Waals surface area contributed by atoms with E-state index >= 15 is 0 Å². The highest BCUT2D eigenvalue weighted by molar-refractivity contribution is 7.89. The Labute approximate surface area is 185 Å². The fourth-order valence-electron chi connectivity index (χ4n) is 4.02. The van der Waals surface area contributed by atoms with E-state index < -0.39 is 33.9 Å². The molecule has 10 heteroatoms. The minimum Gasteiger partial charge on any atom is -0.479 e. The predicted molar refractivity (Wildman–Crippen MR) is 117 cm³/mol. The van der Waals surface area contributed by atoms with Crippen LogP contribution in [0.15, 0.2) is 35.2 Å². The van der Waals surface area contributed by atoms with Gasteiger partial charge < -0.3 is 15.4 Å². The quantitative estimate of drug-likeness (QED) is 0.729. The number of rotatable bonds is 4. The van der Waals surface area contributed by atoms with Crippen molar-refractivity contribution < 1.29 is 27.1 Å². The molecule has 4 rings (SSSR count). The van der Waals surface area contributed by atoms with Gasteiger partial charge in [-0.25, -0.2) is 12.8 Å². The highest BCUT2D eigenvalue weighted by Crippen LogP contribution is 2.37. The zero-order chi connectivity index (χ0) is 23.2. The van der Waals surface area contributed by atoms with Crippen LogP contribution < -0.4 is 15.4 Å². The lowest BCUT2D eigenvalue weighted by atomic mass is 10.1. The van der Waals surface area contributed by atoms with Crippen LogP contribution in [0, 0.1) is 19.7 Å². The second kappa shape index (κ2) is 8.18. The lowest BCUT2D eigenvalue weighted by molar-refractivity contribution is -0.122. The van der Waals surface area contributed by atoms with Gasteiger partial charge in [-0.15, -0.1) is 0 Å². The number of sulfonamides is 1. The van der Waals surface area contributed by atoms with Crippen molar-refractivity contribution in [2.75, 3.05) is 17.2 Å². The molecule has 2 N–H and O–H groups in total. The van der Waals surface area contributed by atoms with Crippen molar-refractivity contribution in [2.45, 2.75) is 50.7 Å². The lowest BCUT2D eigenvalue weighted by Crippen LogP contribution is -2.43. The number of carbonyl (C=O) groups is 2. The first-order valence-electron chi connectivity index (χ1n) is 10.3. The molecule has 32 heavy (non-hydrogen) atoms. The van der Waals surface area contributed by atoms with Gasteiger partial charge in [-0.05, 0) is 69.0 Å². The number of amides is 2. The minimum atomic E-state index is -4.02. The van der Waals surface area contributed by atoms with Gasteiger partial charge in [-0.1, -0.05) is 0 Å². The fraction of sp³-hybridized carbons (Fsp3) is 0.364. The van der Waals surface area contributed by atoms with Crippen LogP contribution in [0.3, 0.4) is 0 Å². The summed E-state index contributed by atoms with van der Waals surface area (Å²) in [6, 6.07) is 6.06. The Hall–Kier alpha value is -2.98. The smallest absolute Gasteiger partial charge is 0.265 e. The Balaban J connectivity index is 1.63. The predicted octanol–water partition coefficient (Wildman–Crippen LogP) is 2.95. The zero-order valence-corrected chi connectivity index (χ0v) is 18.8. The summed E-state index contributed by atoms with van der Waals surface area (Å²) in [7, 11) is -4.02. The summed E-state index contributed by atoms with van der Waals surface area (Å²) in [5.74, 6) is -0.919. The molecule has 0 spiro atoms. The molecule has 8 nitrogen and oxygen atoms in total. The zero-order valence-electron chi connectivity index (χ0n) is 17.9. The molecule has 1 saturated heterocycles. The summed E-state index contributed by atoms with van der Waals surface area (Å²) in [5.41, 5.74) is 1.82. The van der Waals surface area contributed by atoms with E-state index in [2.05, 4.69) is 10.6 Å². The molecule has 2 aliphatic heterocycles. The lowest BCUT2D eigenvalue weighted by Gasteiger charge is -2.27. The number of anilines is 2. The number of halogens is 1. The molecule has 0 saturated carbocycles. The number of benzene rings is 2. The number of nitrogens with one attached hydrogen (secondary N) is 2. The first kappa shape index (κ1) is 22.2. The third-order valence-electron chi connectivity index (χ3n) is 5.75. The van der Waals surface area contributed by atoms with Gasteiger partial charge >= 0.3 is 0 Å². The summed E-state index contributed by atoms with van der Waals surface area (Å²) >= 11 is 0. The molecule has 2 aromatic rings. The molecule has 2 heterocycles. The number of ether oxygens (including phenoxy) is 1. The van der Waals surface area contributed by atoms with Crippen LogP contribution in [-0.4, -0.2) is 43.2 Å². The van der Waals surface area contributed by atoms with E-state index in [1.807, 2.05) is 0 Å². The number of hydrogen-bond acceptors (Lipinski definition) is 5. The molecular formula is C22H24FN3O5S. The van der Waals surface area contributed by atoms with Crippen LogP contribution in [0.5, 0.6) is 5.75 Å². The number of hydrogen-bond donors (Lipinski definition) is 2. The highest BCUT2D eigenvalue weighted by Gasteiger charge is 2.41. The molecule has 0 aliphatic carbocycles. The van der Waals surface area contributed by atoms with Crippen LogP contribution >= 0.6 is 0 Å². The molecule has 0 radical (unpaired) electrons. The van der Waals surface area contributed by atoms with E-state index in [1.165, 1.54) is 28.6 Å². The van der Waals surface area contributed by atoms with Gasteiger partial charge in [0.2, 0.25) is 15.9 Å². The van der Waals surface area contributed by atoms with E-state index in [9.17, 15) is 22.4 Å². The third-order valence-corrected chi connectivity index (χ3v) is 7.80. The third kappa shape index (κ3) is 3.95. The van der Waals surface area contributed by atoms with Crippen LogP contribution in [0.2, 0.25) is 0 Å². The molecule has 0 unspecified atom stereocenters. The summed E-state index contributed by atoms with van der Waals surface area (Å²) in [5, 5.41) is 5.42. The van der Waals surface area contributed by atoms with Crippen LogP contribution in [-0.2, 0) is 19.6 Å². The number of nitrogens with zero attached hydrogens (tertiary/aromatic N) is 1. The van der Waals surface area contributed by atoms with Gasteiger partial charge in [0.05, 0.1) is 10.6 Å². The van der Waals surface area contributed by atoms with Gasteiger partial charge in [0, 0.05) is 18.3 Å². The maximum Gasteiger partial charge on any atom is 0.265 e. The Morgan fingerprint density at radius 2 is 1.97 bits per heavy atom. The van der Waals surface area contributed by atoms with Gasteiger partial charge in [0.1, 0.15) is 17.6 Å². The Morgan fingerprint density at radius 1 is 1.22 bits per heavy atom. The Bertz CT molecular complexity index is 1210. The van der Waals surface area contributed by atoms with E-state index in [4.69, 9.17) is 4.74 Å². The van der Waals surface area contributed by atoms with E-state index in [-0.39, 0.29) is 23.1 Å². The van der Waals surface area contributed by atoms with Crippen molar-refractivity contribution in [1.29, 1.82) is 0 Å². The molecular weight excluding hydrogens is 437 g/mol. The maximum absolute atomic E-state index is 13.5. The van der Waals surface area contributed by atoms with Crippen LogP contribution in [0.1, 0.15) is 30.9 Å². The molecule has 2 aliphatic rings. The summed E-state index contributed by atoms with van der Waals surface area (Å²) in [4.78, 5) is 24.8. The van der Waals surface area contributed by atoms with Gasteiger partial charge in [-0.2, -0.15) is 4.31 Å². The minimum absolute atomic E-state index is 0.0252. The fourth-order valence-corrected chi connectivity index (χ4v) is 5.90. The Kier molecular flexibility index (Phi) is 5.68. The van der Waals surface area contributed by atoms with Crippen LogP contribution in [0.4, 0.5) is 15.8 Å². The van der Waals surface area contributed by atoms with E-state index in [0.29, 0.717) is 35.3 Å². The molecule has 0 bridgehead atoms. The van der Waals surface area contributed by atoms with Gasteiger partial charge in [0.25, 0.3) is 5.91 Å². The average Bonchev–Trinajstić information content (AvgIpc) is 3.22. The monoisotopic (exact) mass is 461 g/mol. The van der Waals surface area contributed by atoms with Crippen molar-refractivity contribution >= 4 is 33.2 Å². The maximum atomic E-state index is 13.5. The standard InChI is InChI=1S/C22H24FN3O5S/c1-12-9-15(23)6-7-16(12)24-22(28)18-5-4-8-26(18)32(29,30)20-11-19-17(10-13(20)2)25-21(27)14(3)31-19/h6-7,9-11,14,18H,4-5,8H2,1-3H3,(H,24,28)(H,25,27)/t14-,18+/m1/s1. The molecule has 2 atom stereocenters. The molecule has 2 amide bonds. The normalized spacial score (nSPS) is 20.9. The van der Waals surface area contributed by atoms with Crippen molar-refractivity contribution in [3.63, 3.8) is 0 Å². The first-order valence-corrected chi connectivity index (χ1v) is 11.7. The topological polar surface area (TPSA) is 105 Å². The Morgan fingerprint density at radius 3 is 2.69 bits per heavy atom. The number of fused-ring (bicyclic) bond motifs is 1. The highest BCUT2D eigenvalue weighted by atomic mass is 32.2. The molecule has 2 aromatic carbocycles. The summed E-state index contributed by atoms with van der Waals surface area (Å²) < 4.78 is 47.2. The van der Waals surface area contributed by atoms with Crippen molar-refractivity contribution in [2.24, 2.45) is 0 Å². The van der Waals surface area contributed by atoms with Gasteiger partial charge in [0.15, 0.2) is 6.10 Å². The van der Waals surface area contributed by atoms with Gasteiger partial charge in [-0.3, -0.25) is 9.59 Å².